The predicted molar refractivity (Wildman–Crippen MR) is 112 cm³/mol. The Morgan fingerprint density at radius 1 is 1.03 bits per heavy atom. The average Bonchev–Trinajstić information content (AvgIpc) is 2.70. The van der Waals surface area contributed by atoms with Gasteiger partial charge in [-0.15, -0.1) is 0 Å². The molecule has 0 heterocycles. The second kappa shape index (κ2) is 12.0. The second-order valence-corrected chi connectivity index (χ2v) is 9.55. The van der Waals surface area contributed by atoms with E-state index in [1.165, 1.54) is 33.2 Å². The highest BCUT2D eigenvalue weighted by Gasteiger charge is 2.38. The van der Waals surface area contributed by atoms with E-state index in [1.807, 2.05) is 30.3 Å². The van der Waals surface area contributed by atoms with Gasteiger partial charge in [0.2, 0.25) is 0 Å². The van der Waals surface area contributed by atoms with Gasteiger partial charge in [0.1, 0.15) is 5.60 Å². The summed E-state index contributed by atoms with van der Waals surface area (Å²) in [7, 11) is 0.140. The normalized spacial score (nSPS) is 14.3. The van der Waals surface area contributed by atoms with Crippen LogP contribution in [0.25, 0.3) is 0 Å². The molecule has 0 aliphatic carbocycles. The Kier molecular flexibility index (Phi) is 10.4. The molecule has 0 bridgehead atoms. The number of benzene rings is 1. The zero-order chi connectivity index (χ0) is 22.8. The van der Waals surface area contributed by atoms with Crippen LogP contribution in [0, 0.1) is 11.8 Å². The number of rotatable bonds is 11. The smallest absolute Gasteiger partial charge is 0.353 e. The largest absolute Gasteiger partial charge is 0.468 e. The molecule has 0 spiro atoms. The molecule has 0 saturated heterocycles. The first kappa shape index (κ1) is 26.0. The lowest BCUT2D eigenvalue weighted by atomic mass is 9.92. The maximum absolute atomic E-state index is 12.8. The molecular formula is C21H31O8P. The van der Waals surface area contributed by atoms with E-state index in [1.54, 1.807) is 20.8 Å². The molecule has 9 heteroatoms. The number of hydrogen-bond acceptors (Lipinski definition) is 8. The third-order valence-corrected chi connectivity index (χ3v) is 5.55. The molecule has 1 rings (SSSR count). The van der Waals surface area contributed by atoms with Crippen molar-refractivity contribution in [1.29, 1.82) is 0 Å². The summed E-state index contributed by atoms with van der Waals surface area (Å²) in [6.07, 6.45) is 1.41. The highest BCUT2D eigenvalue weighted by molar-refractivity contribution is 7.57. The molecule has 0 aliphatic rings. The molecule has 0 N–H and O–H groups in total. The highest BCUT2D eigenvalue weighted by Crippen LogP contribution is 2.48. The standard InChI is InChI=1S/C21H31O8P/c1-21(2,3)29-20(23)18(19(22)25-4)17(12-13-30(24,26-5)27-6)15-28-14-16-10-8-7-9-11-16/h7-13,17-18H,14-15H2,1-6H3/b13-12+. The first-order chi connectivity index (χ1) is 14.0. The molecule has 8 nitrogen and oxygen atoms in total. The molecule has 2 atom stereocenters. The van der Waals surface area contributed by atoms with Crippen molar-refractivity contribution in [3.63, 3.8) is 0 Å². The minimum absolute atomic E-state index is 0.0299. The van der Waals surface area contributed by atoms with Crippen LogP contribution in [-0.4, -0.2) is 45.5 Å². The first-order valence-electron chi connectivity index (χ1n) is 9.38. The van der Waals surface area contributed by atoms with Gasteiger partial charge in [0.05, 0.1) is 20.3 Å². The summed E-state index contributed by atoms with van der Waals surface area (Å²) in [5.41, 5.74) is 0.114. The summed E-state index contributed by atoms with van der Waals surface area (Å²) in [6, 6.07) is 9.42. The van der Waals surface area contributed by atoms with Crippen molar-refractivity contribution in [3.8, 4) is 0 Å². The lowest BCUT2D eigenvalue weighted by Crippen LogP contribution is -2.38. The van der Waals surface area contributed by atoms with Gasteiger partial charge in [-0.3, -0.25) is 14.2 Å². The zero-order valence-corrected chi connectivity index (χ0v) is 19.2. The van der Waals surface area contributed by atoms with Crippen molar-refractivity contribution in [2.24, 2.45) is 11.8 Å². The van der Waals surface area contributed by atoms with Gasteiger partial charge in [0, 0.05) is 26.0 Å². The van der Waals surface area contributed by atoms with Gasteiger partial charge in [-0.1, -0.05) is 36.4 Å². The van der Waals surface area contributed by atoms with Crippen LogP contribution in [0.4, 0.5) is 0 Å². The van der Waals surface area contributed by atoms with Gasteiger partial charge >= 0.3 is 19.5 Å². The molecule has 0 aromatic heterocycles. The summed E-state index contributed by atoms with van der Waals surface area (Å²) in [5.74, 6) is -2.49. The van der Waals surface area contributed by atoms with E-state index in [2.05, 4.69) is 0 Å². The number of esters is 2. The summed E-state index contributed by atoms with van der Waals surface area (Å²) in [4.78, 5) is 25.2. The predicted octanol–water partition coefficient (Wildman–Crippen LogP) is 3.95. The molecule has 1 aromatic carbocycles. The van der Waals surface area contributed by atoms with Crippen molar-refractivity contribution in [2.45, 2.75) is 33.0 Å². The average molecular weight is 442 g/mol. The second-order valence-electron chi connectivity index (χ2n) is 7.45. The van der Waals surface area contributed by atoms with Crippen LogP contribution in [0.1, 0.15) is 26.3 Å². The fourth-order valence-corrected chi connectivity index (χ4v) is 3.32. The van der Waals surface area contributed by atoms with Gasteiger partial charge in [-0.05, 0) is 26.3 Å². The third kappa shape index (κ3) is 8.79. The molecular weight excluding hydrogens is 411 g/mol. The molecule has 0 saturated carbocycles. The SMILES string of the molecule is COC(=O)C(C(=O)OC(C)(C)C)C(/C=C/P(=O)(OC)OC)COCc1ccccc1. The maximum atomic E-state index is 12.8. The highest BCUT2D eigenvalue weighted by atomic mass is 31.2. The quantitative estimate of drug-likeness (QED) is 0.289. The summed E-state index contributed by atoms with van der Waals surface area (Å²) in [5, 5.41) is 0. The van der Waals surface area contributed by atoms with E-state index in [9.17, 15) is 14.2 Å². The summed E-state index contributed by atoms with van der Waals surface area (Å²) in [6.45, 7) is 5.32. The number of carbonyl (C=O) groups excluding carboxylic acids is 2. The Bertz CT molecular complexity index is 746. The summed E-state index contributed by atoms with van der Waals surface area (Å²) >= 11 is 0. The van der Waals surface area contributed by atoms with Crippen LogP contribution >= 0.6 is 7.60 Å². The van der Waals surface area contributed by atoms with E-state index >= 15 is 0 Å². The van der Waals surface area contributed by atoms with Gasteiger partial charge in [0.25, 0.3) is 0 Å². The molecule has 2 unspecified atom stereocenters. The summed E-state index contributed by atoms with van der Waals surface area (Å²) < 4.78 is 38.1. The number of ether oxygens (including phenoxy) is 3. The fraction of sp³-hybridized carbons (Fsp3) is 0.524. The Morgan fingerprint density at radius 3 is 2.13 bits per heavy atom. The fourth-order valence-electron chi connectivity index (χ4n) is 2.50. The number of methoxy groups -OCH3 is 1. The van der Waals surface area contributed by atoms with E-state index in [0.717, 1.165) is 5.56 Å². The van der Waals surface area contributed by atoms with E-state index in [4.69, 9.17) is 23.3 Å². The molecule has 0 amide bonds. The lowest BCUT2D eigenvalue weighted by molar-refractivity contribution is -0.171. The Hall–Kier alpha value is -1.99. The van der Waals surface area contributed by atoms with Gasteiger partial charge in [0.15, 0.2) is 5.92 Å². The number of hydrogen-bond donors (Lipinski definition) is 0. The van der Waals surface area contributed by atoms with Crippen molar-refractivity contribution in [2.75, 3.05) is 27.9 Å². The Morgan fingerprint density at radius 2 is 1.63 bits per heavy atom. The first-order valence-corrected chi connectivity index (χ1v) is 11.0. The van der Waals surface area contributed by atoms with E-state index < -0.39 is 37.0 Å². The molecule has 0 fully saturated rings. The molecule has 30 heavy (non-hydrogen) atoms. The van der Waals surface area contributed by atoms with E-state index in [-0.39, 0.29) is 13.2 Å². The van der Waals surface area contributed by atoms with Crippen molar-refractivity contribution in [1.82, 2.24) is 0 Å². The minimum Gasteiger partial charge on any atom is -0.468 e. The maximum Gasteiger partial charge on any atom is 0.353 e. The van der Waals surface area contributed by atoms with Gasteiger partial charge < -0.3 is 23.3 Å². The van der Waals surface area contributed by atoms with Gasteiger partial charge in [-0.25, -0.2) is 0 Å². The van der Waals surface area contributed by atoms with Crippen LogP contribution in [0.15, 0.2) is 42.2 Å². The van der Waals surface area contributed by atoms with Crippen LogP contribution in [0.3, 0.4) is 0 Å². The van der Waals surface area contributed by atoms with Crippen LogP contribution in [-0.2, 0) is 44.0 Å². The monoisotopic (exact) mass is 442 g/mol. The van der Waals surface area contributed by atoms with Crippen LogP contribution in [0.5, 0.6) is 0 Å². The Balaban J connectivity index is 3.14. The molecule has 1 aromatic rings. The van der Waals surface area contributed by atoms with Crippen molar-refractivity contribution in [3.05, 3.63) is 47.8 Å². The third-order valence-electron chi connectivity index (χ3n) is 3.99. The van der Waals surface area contributed by atoms with Crippen molar-refractivity contribution >= 4 is 19.5 Å². The van der Waals surface area contributed by atoms with Crippen molar-refractivity contribution < 1.29 is 37.4 Å². The topological polar surface area (TPSA) is 97.4 Å². The molecule has 168 valence electrons. The van der Waals surface area contributed by atoms with Gasteiger partial charge in [-0.2, -0.15) is 0 Å². The Labute approximate surface area is 178 Å². The van der Waals surface area contributed by atoms with E-state index in [0.29, 0.717) is 0 Å². The minimum atomic E-state index is -3.52. The molecule has 0 radical (unpaired) electrons. The zero-order valence-electron chi connectivity index (χ0n) is 18.3. The van der Waals surface area contributed by atoms with Crippen LogP contribution in [0.2, 0.25) is 0 Å². The van der Waals surface area contributed by atoms with Crippen LogP contribution < -0.4 is 0 Å². The molecule has 0 aliphatic heterocycles. The lowest BCUT2D eigenvalue weighted by Gasteiger charge is -2.26. The number of carbonyl (C=O) groups is 2.